The first-order valence-electron chi connectivity index (χ1n) is 4.25. The van der Waals surface area contributed by atoms with Crippen molar-refractivity contribution >= 4 is 5.91 Å². The lowest BCUT2D eigenvalue weighted by Crippen LogP contribution is -2.36. The summed E-state index contributed by atoms with van der Waals surface area (Å²) in [5, 5.41) is 1.48. The van der Waals surface area contributed by atoms with Crippen molar-refractivity contribution in [2.75, 3.05) is 14.1 Å². The van der Waals surface area contributed by atoms with Crippen LogP contribution in [-0.4, -0.2) is 25.0 Å². The number of nitrogens with one attached hydrogen (secondary N) is 1. The summed E-state index contributed by atoms with van der Waals surface area (Å²) in [7, 11) is 3.34. The fraction of sp³-hybridized carbons (Fsp3) is 0.300. The summed E-state index contributed by atoms with van der Waals surface area (Å²) in [5.41, 5.74) is 3.41. The second-order valence-corrected chi connectivity index (χ2v) is 3.32. The van der Waals surface area contributed by atoms with E-state index in [1.807, 2.05) is 6.92 Å². The Labute approximate surface area is 82.5 Å². The molecule has 1 amide bonds. The second-order valence-electron chi connectivity index (χ2n) is 3.32. The van der Waals surface area contributed by atoms with Crippen LogP contribution in [0.15, 0.2) is 18.2 Å². The molecule has 1 aromatic carbocycles. The van der Waals surface area contributed by atoms with Crippen molar-refractivity contribution in [2.45, 2.75) is 6.92 Å². The maximum Gasteiger partial charge on any atom is 0.268 e. The summed E-state index contributed by atoms with van der Waals surface area (Å²) in [6.07, 6.45) is 0. The number of halogens is 1. The first-order valence-corrected chi connectivity index (χ1v) is 4.25. The molecule has 0 atom stereocenters. The Morgan fingerprint density at radius 3 is 2.64 bits per heavy atom. The zero-order chi connectivity index (χ0) is 10.7. The molecule has 1 aromatic rings. The van der Waals surface area contributed by atoms with Gasteiger partial charge in [0, 0.05) is 14.1 Å². The molecule has 0 saturated heterocycles. The SMILES string of the molecule is Cc1ccc(F)c(C(=O)NN(C)C)c1. The van der Waals surface area contributed by atoms with Crippen molar-refractivity contribution in [3.63, 3.8) is 0 Å². The van der Waals surface area contributed by atoms with Crippen LogP contribution < -0.4 is 5.43 Å². The van der Waals surface area contributed by atoms with Gasteiger partial charge in [-0.1, -0.05) is 11.6 Å². The predicted molar refractivity (Wildman–Crippen MR) is 52.3 cm³/mol. The van der Waals surface area contributed by atoms with Crippen LogP contribution in [0.5, 0.6) is 0 Å². The molecule has 0 radical (unpaired) electrons. The third kappa shape index (κ3) is 2.53. The van der Waals surface area contributed by atoms with Crippen molar-refractivity contribution in [3.8, 4) is 0 Å². The summed E-state index contributed by atoms with van der Waals surface area (Å²) in [5.74, 6) is -0.939. The summed E-state index contributed by atoms with van der Waals surface area (Å²) < 4.78 is 13.2. The van der Waals surface area contributed by atoms with E-state index in [2.05, 4.69) is 5.43 Å². The van der Waals surface area contributed by atoms with E-state index >= 15 is 0 Å². The molecule has 0 spiro atoms. The zero-order valence-electron chi connectivity index (χ0n) is 8.47. The number of rotatable bonds is 2. The molecule has 0 fully saturated rings. The topological polar surface area (TPSA) is 32.3 Å². The monoisotopic (exact) mass is 196 g/mol. The minimum absolute atomic E-state index is 0.0682. The van der Waals surface area contributed by atoms with Crippen molar-refractivity contribution in [1.82, 2.24) is 10.4 Å². The Kier molecular flexibility index (Phi) is 3.19. The smallest absolute Gasteiger partial charge is 0.268 e. The van der Waals surface area contributed by atoms with Crippen molar-refractivity contribution in [1.29, 1.82) is 0 Å². The van der Waals surface area contributed by atoms with Gasteiger partial charge in [-0.3, -0.25) is 10.2 Å². The van der Waals surface area contributed by atoms with Crippen molar-refractivity contribution in [2.24, 2.45) is 0 Å². The molecular weight excluding hydrogens is 183 g/mol. The molecule has 0 aliphatic carbocycles. The van der Waals surface area contributed by atoms with Crippen LogP contribution >= 0.6 is 0 Å². The highest BCUT2D eigenvalue weighted by atomic mass is 19.1. The highest BCUT2D eigenvalue weighted by Gasteiger charge is 2.11. The van der Waals surface area contributed by atoms with E-state index < -0.39 is 11.7 Å². The lowest BCUT2D eigenvalue weighted by Gasteiger charge is -2.12. The van der Waals surface area contributed by atoms with E-state index in [1.165, 1.54) is 17.1 Å². The van der Waals surface area contributed by atoms with E-state index in [0.717, 1.165) is 5.56 Å². The van der Waals surface area contributed by atoms with Crippen LogP contribution in [0, 0.1) is 12.7 Å². The number of hydrogen-bond donors (Lipinski definition) is 1. The van der Waals surface area contributed by atoms with Gasteiger partial charge in [0.25, 0.3) is 5.91 Å². The number of amides is 1. The van der Waals surface area contributed by atoms with E-state index in [-0.39, 0.29) is 5.56 Å². The number of nitrogens with zero attached hydrogens (tertiary/aromatic N) is 1. The molecule has 1 N–H and O–H groups in total. The lowest BCUT2D eigenvalue weighted by atomic mass is 10.1. The lowest BCUT2D eigenvalue weighted by molar-refractivity contribution is 0.0852. The fourth-order valence-corrected chi connectivity index (χ4v) is 1.08. The first kappa shape index (κ1) is 10.7. The van der Waals surface area contributed by atoms with Gasteiger partial charge in [-0.2, -0.15) is 0 Å². The summed E-state index contributed by atoms with van der Waals surface area (Å²) >= 11 is 0. The standard InChI is InChI=1S/C10H13FN2O/c1-7-4-5-9(11)8(6-7)10(14)12-13(2)3/h4-6H,1-3H3,(H,12,14). The average Bonchev–Trinajstić information content (AvgIpc) is 2.08. The number of aryl methyl sites for hydroxylation is 1. The third-order valence-electron chi connectivity index (χ3n) is 1.69. The van der Waals surface area contributed by atoms with E-state index in [0.29, 0.717) is 0 Å². The van der Waals surface area contributed by atoms with Gasteiger partial charge in [-0.25, -0.2) is 9.40 Å². The molecule has 76 valence electrons. The first-order chi connectivity index (χ1) is 6.50. The Hall–Kier alpha value is -1.42. The van der Waals surface area contributed by atoms with Crippen LogP contribution in [0.4, 0.5) is 4.39 Å². The molecule has 0 saturated carbocycles. The second kappa shape index (κ2) is 4.19. The average molecular weight is 196 g/mol. The Bertz CT molecular complexity index is 350. The van der Waals surface area contributed by atoms with Gasteiger partial charge < -0.3 is 0 Å². The van der Waals surface area contributed by atoms with Crippen LogP contribution in [-0.2, 0) is 0 Å². The Morgan fingerprint density at radius 2 is 2.07 bits per heavy atom. The van der Waals surface area contributed by atoms with E-state index in [9.17, 15) is 9.18 Å². The molecule has 0 aliphatic heterocycles. The van der Waals surface area contributed by atoms with Gasteiger partial charge in [0.1, 0.15) is 5.82 Å². The van der Waals surface area contributed by atoms with Crippen LogP contribution in [0.3, 0.4) is 0 Å². The maximum atomic E-state index is 13.2. The van der Waals surface area contributed by atoms with Crippen molar-refractivity contribution in [3.05, 3.63) is 35.1 Å². The van der Waals surface area contributed by atoms with E-state index in [1.54, 1.807) is 20.2 Å². The molecule has 0 bridgehead atoms. The molecule has 0 aliphatic rings. The Morgan fingerprint density at radius 1 is 1.43 bits per heavy atom. The molecule has 3 nitrogen and oxygen atoms in total. The molecule has 0 aromatic heterocycles. The number of hydrazine groups is 1. The van der Waals surface area contributed by atoms with Gasteiger partial charge in [-0.15, -0.1) is 0 Å². The molecule has 4 heteroatoms. The molecular formula is C10H13FN2O. The quantitative estimate of drug-likeness (QED) is 0.724. The van der Waals surface area contributed by atoms with Gasteiger partial charge >= 0.3 is 0 Å². The molecule has 0 unspecified atom stereocenters. The fourth-order valence-electron chi connectivity index (χ4n) is 1.08. The number of carbonyl (C=O) groups is 1. The summed E-state index contributed by atoms with van der Waals surface area (Å²) in [6.45, 7) is 1.81. The van der Waals surface area contributed by atoms with Crippen LogP contribution in [0.25, 0.3) is 0 Å². The maximum absolute atomic E-state index is 13.2. The number of hydrogen-bond acceptors (Lipinski definition) is 2. The normalized spacial score (nSPS) is 10.4. The predicted octanol–water partition coefficient (Wildman–Crippen LogP) is 1.34. The van der Waals surface area contributed by atoms with Gasteiger partial charge in [0.05, 0.1) is 5.56 Å². The van der Waals surface area contributed by atoms with Crippen molar-refractivity contribution < 1.29 is 9.18 Å². The number of benzene rings is 1. The van der Waals surface area contributed by atoms with Gasteiger partial charge in [0.15, 0.2) is 0 Å². The van der Waals surface area contributed by atoms with E-state index in [4.69, 9.17) is 0 Å². The van der Waals surface area contributed by atoms with Gasteiger partial charge in [-0.05, 0) is 19.1 Å². The molecule has 1 rings (SSSR count). The van der Waals surface area contributed by atoms with Crippen LogP contribution in [0.2, 0.25) is 0 Å². The third-order valence-corrected chi connectivity index (χ3v) is 1.69. The molecule has 0 heterocycles. The van der Waals surface area contributed by atoms with Crippen LogP contribution in [0.1, 0.15) is 15.9 Å². The summed E-state index contributed by atoms with van der Waals surface area (Å²) in [6, 6.07) is 4.44. The number of carbonyl (C=O) groups excluding carboxylic acids is 1. The minimum atomic E-state index is -0.505. The zero-order valence-corrected chi connectivity index (χ0v) is 8.47. The minimum Gasteiger partial charge on any atom is -0.285 e. The summed E-state index contributed by atoms with van der Waals surface area (Å²) in [4.78, 5) is 11.4. The van der Waals surface area contributed by atoms with Gasteiger partial charge in [0.2, 0.25) is 0 Å². The highest BCUT2D eigenvalue weighted by molar-refractivity contribution is 5.94. The largest absolute Gasteiger partial charge is 0.285 e. The highest BCUT2D eigenvalue weighted by Crippen LogP contribution is 2.09. The Balaban J connectivity index is 2.94. The molecule has 14 heavy (non-hydrogen) atoms.